The monoisotopic (exact) mass is 295 g/mol. The van der Waals surface area contributed by atoms with Crippen molar-refractivity contribution in [1.29, 1.82) is 0 Å². The van der Waals surface area contributed by atoms with Crippen molar-refractivity contribution in [2.24, 2.45) is 0 Å². The lowest BCUT2D eigenvalue weighted by Crippen LogP contribution is -2.19. The highest BCUT2D eigenvalue weighted by molar-refractivity contribution is 7.61. The molecule has 12 N–H and O–H groups in total. The van der Waals surface area contributed by atoms with E-state index in [0.29, 0.717) is 0 Å². The van der Waals surface area contributed by atoms with Crippen LogP contribution in [0.2, 0.25) is 0 Å². The van der Waals surface area contributed by atoms with Gasteiger partial charge in [0.15, 0.2) is 0 Å². The molecule has 0 radical (unpaired) electrons. The molecule has 0 heterocycles. The van der Waals surface area contributed by atoms with Crippen LogP contribution >= 0.6 is 15.4 Å². The van der Waals surface area contributed by atoms with E-state index >= 15 is 0 Å². The predicted octanol–water partition coefficient (Wildman–Crippen LogP) is 0.870. The number of hydrogen-bond acceptors (Lipinski definition) is 6. The first-order chi connectivity index (χ1) is 6.12. The highest BCUT2D eigenvalue weighted by atomic mass is 31.3. The summed E-state index contributed by atoms with van der Waals surface area (Å²) < 4.78 is 24.3. The highest BCUT2D eigenvalue weighted by Crippen LogP contribution is 2.49. The van der Waals surface area contributed by atoms with Crippen molar-refractivity contribution in [3.8, 4) is 0 Å². The molecule has 0 fully saturated rings. The third-order valence-electron chi connectivity index (χ3n) is 1.18. The maximum absolute atomic E-state index is 10.8. The molecule has 0 rings (SSSR count). The van der Waals surface area contributed by atoms with Gasteiger partial charge in [0.05, 0.1) is 7.82 Å². The molecule has 0 saturated carbocycles. The summed E-state index contributed by atoms with van der Waals surface area (Å²) in [5.74, 6) is 0. The second kappa shape index (κ2) is 9.90. The number of hydrogen-bond donors (Lipinski definition) is 3. The van der Waals surface area contributed by atoms with E-state index in [1.165, 1.54) is 0 Å². The van der Waals surface area contributed by atoms with Crippen molar-refractivity contribution in [2.75, 3.05) is 6.16 Å². The third-order valence-corrected chi connectivity index (χ3v) is 3.78. The van der Waals surface area contributed by atoms with Gasteiger partial charge in [-0.3, -0.25) is 0 Å². The molecule has 0 spiro atoms. The van der Waals surface area contributed by atoms with Crippen LogP contribution in [-0.4, -0.2) is 6.16 Å². The lowest BCUT2D eigenvalue weighted by molar-refractivity contribution is -0.337. The number of rotatable bonds is 5. The van der Waals surface area contributed by atoms with Crippen LogP contribution in [0.5, 0.6) is 0 Å². The molecule has 0 aromatic carbocycles. The van der Waals surface area contributed by atoms with Crippen molar-refractivity contribution in [2.45, 2.75) is 20.3 Å². The lowest BCUT2D eigenvalue weighted by Gasteiger charge is -2.35. The molecule has 1 atom stereocenters. The van der Waals surface area contributed by atoms with E-state index in [2.05, 4.69) is 4.31 Å². The van der Waals surface area contributed by atoms with Crippen LogP contribution in [0.15, 0.2) is 11.6 Å². The van der Waals surface area contributed by atoms with E-state index in [1.54, 1.807) is 19.9 Å². The van der Waals surface area contributed by atoms with E-state index in [9.17, 15) is 23.8 Å². The first kappa shape index (κ1) is 25.7. The van der Waals surface area contributed by atoms with Crippen LogP contribution in [0, 0.1) is 0 Å². The minimum Gasteiger partial charge on any atom is -0.790 e. The molecule has 11 heteroatoms. The van der Waals surface area contributed by atoms with E-state index in [4.69, 9.17) is 0 Å². The first-order valence-corrected chi connectivity index (χ1v) is 6.98. The molecule has 0 amide bonds. The summed E-state index contributed by atoms with van der Waals surface area (Å²) in [6, 6.07) is 0. The molecule has 0 aliphatic heterocycles. The smallest absolute Gasteiger partial charge is 0.140 e. The standard InChI is InChI=1S/C6H14O6P2.3H3N/c1-6(2)4-3-5-13(7,8)12-14(9,10)11;;;/h4H,3,5H2,1-2H3,(H,7,8)(H2,9,10,11);3*1H3. The summed E-state index contributed by atoms with van der Waals surface area (Å²) in [7, 11) is -10.0. The quantitative estimate of drug-likeness (QED) is 0.492. The zero-order valence-electron chi connectivity index (χ0n) is 10.8. The molecule has 0 bridgehead atoms. The van der Waals surface area contributed by atoms with Gasteiger partial charge in [-0.2, -0.15) is 0 Å². The van der Waals surface area contributed by atoms with Crippen LogP contribution in [0.1, 0.15) is 20.3 Å². The van der Waals surface area contributed by atoms with Crippen molar-refractivity contribution < 1.29 is 28.1 Å². The van der Waals surface area contributed by atoms with Gasteiger partial charge in [-0.15, -0.1) is 0 Å². The van der Waals surface area contributed by atoms with Crippen molar-refractivity contribution in [3.63, 3.8) is 0 Å². The molecule has 0 aliphatic carbocycles. The van der Waals surface area contributed by atoms with Crippen molar-refractivity contribution >= 4 is 15.4 Å². The molecular formula is C6H23N3O6P2. The lowest BCUT2D eigenvalue weighted by atomic mass is 10.3. The van der Waals surface area contributed by atoms with Crippen molar-refractivity contribution in [3.05, 3.63) is 11.6 Å². The average molecular weight is 295 g/mol. The summed E-state index contributed by atoms with van der Waals surface area (Å²) in [4.78, 5) is 30.8. The average Bonchev–Trinajstić information content (AvgIpc) is 1.78. The van der Waals surface area contributed by atoms with Crippen molar-refractivity contribution in [1.82, 2.24) is 18.5 Å². The Morgan fingerprint density at radius 1 is 1.12 bits per heavy atom. The van der Waals surface area contributed by atoms with Crippen LogP contribution in [-0.2, 0) is 13.4 Å². The fraction of sp³-hybridized carbons (Fsp3) is 0.667. The van der Waals surface area contributed by atoms with Gasteiger partial charge >= 0.3 is 0 Å². The van der Waals surface area contributed by atoms with Gasteiger partial charge in [0.1, 0.15) is 7.60 Å². The Bertz CT molecular complexity index is 311. The molecule has 17 heavy (non-hydrogen) atoms. The molecule has 0 aromatic heterocycles. The Kier molecular flexibility index (Phi) is 15.0. The molecule has 0 aliphatic rings. The normalized spacial score (nSPS) is 13.2. The van der Waals surface area contributed by atoms with Gasteiger partial charge in [-0.25, -0.2) is 0 Å². The van der Waals surface area contributed by atoms with Gasteiger partial charge < -0.3 is 46.6 Å². The molecule has 0 saturated heterocycles. The number of phosphoric acid groups is 1. The van der Waals surface area contributed by atoms with Gasteiger partial charge in [-0.05, 0) is 20.3 Å². The van der Waals surface area contributed by atoms with Gasteiger partial charge in [-0.1, -0.05) is 11.6 Å². The Balaban J connectivity index is -0.000000282. The van der Waals surface area contributed by atoms with Gasteiger partial charge in [0.2, 0.25) is 0 Å². The summed E-state index contributed by atoms with van der Waals surface area (Å²) in [5, 5.41) is 0. The van der Waals surface area contributed by atoms with Crippen LogP contribution < -0.4 is 33.1 Å². The van der Waals surface area contributed by atoms with E-state index in [1.807, 2.05) is 0 Å². The van der Waals surface area contributed by atoms with Crippen LogP contribution in [0.25, 0.3) is 0 Å². The van der Waals surface area contributed by atoms with Gasteiger partial charge in [0, 0.05) is 6.16 Å². The summed E-state index contributed by atoms with van der Waals surface area (Å²) in [5.41, 5.74) is 0.900. The van der Waals surface area contributed by atoms with Crippen LogP contribution in [0.3, 0.4) is 0 Å². The first-order valence-electron chi connectivity index (χ1n) is 3.79. The molecule has 9 nitrogen and oxygen atoms in total. The maximum Gasteiger partial charge on any atom is 0.140 e. The Hall–Kier alpha value is -0.0800. The Morgan fingerprint density at radius 2 is 1.53 bits per heavy atom. The molecule has 0 aromatic rings. The number of allylic oxidation sites excluding steroid dienone is 2. The van der Waals surface area contributed by atoms with E-state index < -0.39 is 21.6 Å². The zero-order chi connectivity index (χ0) is 11.4. The predicted molar refractivity (Wildman–Crippen MR) is 63.2 cm³/mol. The largest absolute Gasteiger partial charge is 0.790 e. The van der Waals surface area contributed by atoms with E-state index in [-0.39, 0.29) is 24.9 Å². The molecule has 1 unspecified atom stereocenters. The number of quaternary nitrogens is 3. The molecular weight excluding hydrogens is 272 g/mol. The summed E-state index contributed by atoms with van der Waals surface area (Å²) in [6.45, 7) is 3.53. The Morgan fingerprint density at radius 3 is 1.82 bits per heavy atom. The fourth-order valence-electron chi connectivity index (χ4n) is 0.705. The SMILES string of the molecule is CC(C)=CCCP(=O)([O-])OP(=O)([O-])[O-].[NH4+].[NH4+].[NH4+]. The molecule has 108 valence electrons. The minimum atomic E-state index is -5.45. The Labute approximate surface area is 101 Å². The summed E-state index contributed by atoms with van der Waals surface area (Å²) in [6.07, 6.45) is 1.24. The highest BCUT2D eigenvalue weighted by Gasteiger charge is 2.09. The third kappa shape index (κ3) is 18.5. The van der Waals surface area contributed by atoms with Crippen LogP contribution in [0.4, 0.5) is 0 Å². The topological polar surface area (TPSA) is 222 Å². The second-order valence-corrected chi connectivity index (χ2v) is 6.15. The fourth-order valence-corrected chi connectivity index (χ4v) is 2.70. The maximum atomic E-state index is 10.8. The second-order valence-electron chi connectivity index (χ2n) is 2.93. The van der Waals surface area contributed by atoms with E-state index in [0.717, 1.165) is 5.57 Å². The summed E-state index contributed by atoms with van der Waals surface area (Å²) >= 11 is 0. The van der Waals surface area contributed by atoms with Gasteiger partial charge in [0.25, 0.3) is 0 Å². The minimum absolute atomic E-state index is 0. The zero-order valence-corrected chi connectivity index (χ0v) is 12.6.